The quantitative estimate of drug-likeness (QED) is 0.905. The van der Waals surface area contributed by atoms with E-state index in [4.69, 9.17) is 9.63 Å². The van der Waals surface area contributed by atoms with Gasteiger partial charge in [-0.1, -0.05) is 25.1 Å². The van der Waals surface area contributed by atoms with Crippen LogP contribution in [0.4, 0.5) is 0 Å². The Morgan fingerprint density at radius 3 is 2.95 bits per heavy atom. The summed E-state index contributed by atoms with van der Waals surface area (Å²) in [5, 5.41) is 13.3. The van der Waals surface area contributed by atoms with Crippen molar-refractivity contribution >= 4 is 17.7 Å². The zero-order chi connectivity index (χ0) is 13.8. The van der Waals surface area contributed by atoms with Crippen LogP contribution in [0.3, 0.4) is 0 Å². The van der Waals surface area contributed by atoms with E-state index in [9.17, 15) is 4.79 Å². The Morgan fingerprint density at radius 2 is 2.26 bits per heavy atom. The van der Waals surface area contributed by atoms with Gasteiger partial charge in [-0.2, -0.15) is 16.7 Å². The van der Waals surface area contributed by atoms with Crippen LogP contribution in [-0.4, -0.2) is 26.5 Å². The van der Waals surface area contributed by atoms with Crippen LogP contribution in [-0.2, 0) is 5.75 Å². The summed E-state index contributed by atoms with van der Waals surface area (Å²) in [7, 11) is 0. The van der Waals surface area contributed by atoms with Crippen LogP contribution in [0.5, 0.6) is 0 Å². The third-order valence-electron chi connectivity index (χ3n) is 2.37. The average molecular weight is 278 g/mol. The van der Waals surface area contributed by atoms with E-state index in [0.29, 0.717) is 28.3 Å². The largest absolute Gasteiger partial charge is 0.478 e. The van der Waals surface area contributed by atoms with E-state index in [1.54, 1.807) is 23.9 Å². The lowest BCUT2D eigenvalue weighted by molar-refractivity contribution is 0.0697. The summed E-state index contributed by atoms with van der Waals surface area (Å²) in [6.07, 6.45) is 0. The second kappa shape index (κ2) is 5.88. The molecule has 5 nitrogen and oxygen atoms in total. The molecule has 0 saturated heterocycles. The van der Waals surface area contributed by atoms with Crippen molar-refractivity contribution in [3.05, 3.63) is 35.7 Å². The third kappa shape index (κ3) is 3.57. The molecule has 0 atom stereocenters. The van der Waals surface area contributed by atoms with Crippen LogP contribution in [0.15, 0.2) is 28.8 Å². The fourth-order valence-electron chi connectivity index (χ4n) is 1.46. The third-order valence-corrected chi connectivity index (χ3v) is 3.46. The molecule has 0 aliphatic heterocycles. The molecular formula is C13H14N2O3S. The molecule has 1 N–H and O–H groups in total. The molecular weight excluding hydrogens is 264 g/mol. The number of benzene rings is 1. The minimum absolute atomic E-state index is 0.203. The number of hydrogen-bond donors (Lipinski definition) is 1. The van der Waals surface area contributed by atoms with Crippen LogP contribution in [0, 0.1) is 0 Å². The molecule has 0 saturated carbocycles. The topological polar surface area (TPSA) is 76.2 Å². The molecule has 0 spiro atoms. The summed E-state index contributed by atoms with van der Waals surface area (Å²) in [6.45, 7) is 4.20. The smallest absolute Gasteiger partial charge is 0.335 e. The molecule has 0 aliphatic rings. The van der Waals surface area contributed by atoms with Gasteiger partial charge in [-0.3, -0.25) is 0 Å². The number of rotatable bonds is 5. The number of thioether (sulfide) groups is 1. The summed E-state index contributed by atoms with van der Waals surface area (Å²) in [5.74, 6) is 0.675. The normalized spacial score (nSPS) is 10.9. The lowest BCUT2D eigenvalue weighted by Gasteiger charge is -1.99. The minimum Gasteiger partial charge on any atom is -0.478 e. The monoisotopic (exact) mass is 278 g/mol. The Bertz CT molecular complexity index is 581. The fraction of sp³-hybridized carbons (Fsp3) is 0.308. The van der Waals surface area contributed by atoms with Gasteiger partial charge in [0.1, 0.15) is 0 Å². The summed E-state index contributed by atoms with van der Waals surface area (Å²) < 4.78 is 5.15. The van der Waals surface area contributed by atoms with Gasteiger partial charge in [-0.15, -0.1) is 0 Å². The van der Waals surface area contributed by atoms with Crippen molar-refractivity contribution in [1.29, 1.82) is 0 Å². The maximum Gasteiger partial charge on any atom is 0.335 e. The van der Waals surface area contributed by atoms with Gasteiger partial charge in [0.25, 0.3) is 5.89 Å². The van der Waals surface area contributed by atoms with Crippen LogP contribution in [0.1, 0.15) is 30.0 Å². The highest BCUT2D eigenvalue weighted by atomic mass is 32.2. The Morgan fingerprint density at radius 1 is 1.47 bits per heavy atom. The predicted octanol–water partition coefficient (Wildman–Crippen LogP) is 3.08. The molecule has 1 aromatic carbocycles. The van der Waals surface area contributed by atoms with E-state index in [1.165, 1.54) is 12.1 Å². The van der Waals surface area contributed by atoms with E-state index in [2.05, 4.69) is 24.0 Å². The first-order valence-corrected chi connectivity index (χ1v) is 6.89. The molecule has 0 radical (unpaired) electrons. The Balaban J connectivity index is 2.18. The Kier molecular flexibility index (Phi) is 4.21. The van der Waals surface area contributed by atoms with Crippen molar-refractivity contribution in [1.82, 2.24) is 10.1 Å². The lowest BCUT2D eigenvalue weighted by atomic mass is 10.1. The van der Waals surface area contributed by atoms with Crippen LogP contribution < -0.4 is 0 Å². The van der Waals surface area contributed by atoms with Crippen molar-refractivity contribution in [3.8, 4) is 11.5 Å². The lowest BCUT2D eigenvalue weighted by Crippen LogP contribution is -1.95. The highest BCUT2D eigenvalue weighted by Gasteiger charge is 2.11. The average Bonchev–Trinajstić information content (AvgIpc) is 2.85. The molecule has 1 heterocycles. The minimum atomic E-state index is -0.975. The summed E-state index contributed by atoms with van der Waals surface area (Å²) >= 11 is 1.72. The number of carboxylic acids is 1. The molecule has 0 unspecified atom stereocenters. The predicted molar refractivity (Wildman–Crippen MR) is 73.1 cm³/mol. The number of nitrogens with zero attached hydrogens (tertiary/aromatic N) is 2. The first kappa shape index (κ1) is 13.6. The maximum absolute atomic E-state index is 10.9. The molecule has 0 bridgehead atoms. The van der Waals surface area contributed by atoms with Gasteiger partial charge in [0.2, 0.25) is 0 Å². The van der Waals surface area contributed by atoms with Gasteiger partial charge in [-0.05, 0) is 23.4 Å². The summed E-state index contributed by atoms with van der Waals surface area (Å²) in [6, 6.07) is 6.46. The van der Waals surface area contributed by atoms with Crippen LogP contribution in [0.25, 0.3) is 11.5 Å². The molecule has 2 aromatic rings. The summed E-state index contributed by atoms with van der Waals surface area (Å²) in [4.78, 5) is 15.2. The van der Waals surface area contributed by atoms with Gasteiger partial charge < -0.3 is 9.63 Å². The molecule has 0 fully saturated rings. The molecule has 1 aromatic heterocycles. The number of carboxylic acid groups (broad SMARTS) is 1. The zero-order valence-corrected chi connectivity index (χ0v) is 11.5. The van der Waals surface area contributed by atoms with E-state index >= 15 is 0 Å². The Labute approximate surface area is 115 Å². The molecule has 2 rings (SSSR count). The zero-order valence-electron chi connectivity index (χ0n) is 10.7. The standard InChI is InChI=1S/C13H14N2O3S/c1-8(2)19-7-11-14-12(18-15-11)9-4-3-5-10(6-9)13(16)17/h3-6,8H,7H2,1-2H3,(H,16,17). The SMILES string of the molecule is CC(C)SCc1noc(-c2cccc(C(=O)O)c2)n1. The molecule has 0 amide bonds. The summed E-state index contributed by atoms with van der Waals surface area (Å²) in [5.41, 5.74) is 0.821. The number of carbonyl (C=O) groups is 1. The van der Waals surface area contributed by atoms with Crippen LogP contribution in [0.2, 0.25) is 0 Å². The molecule has 0 aliphatic carbocycles. The van der Waals surface area contributed by atoms with Gasteiger partial charge >= 0.3 is 5.97 Å². The molecule has 100 valence electrons. The highest BCUT2D eigenvalue weighted by molar-refractivity contribution is 7.99. The van der Waals surface area contributed by atoms with Crippen molar-refractivity contribution in [2.75, 3.05) is 0 Å². The van der Waals surface area contributed by atoms with Crippen molar-refractivity contribution in [3.63, 3.8) is 0 Å². The second-order valence-electron chi connectivity index (χ2n) is 4.26. The van der Waals surface area contributed by atoms with Crippen molar-refractivity contribution in [2.24, 2.45) is 0 Å². The van der Waals surface area contributed by atoms with E-state index < -0.39 is 5.97 Å². The first-order chi connectivity index (χ1) is 9.06. The van der Waals surface area contributed by atoms with Gasteiger partial charge in [0.15, 0.2) is 5.82 Å². The Hall–Kier alpha value is -1.82. The molecule has 6 heteroatoms. The number of hydrogen-bond acceptors (Lipinski definition) is 5. The van der Waals surface area contributed by atoms with E-state index in [-0.39, 0.29) is 5.56 Å². The van der Waals surface area contributed by atoms with Gasteiger partial charge in [0, 0.05) is 5.56 Å². The number of aromatic carboxylic acids is 1. The van der Waals surface area contributed by atoms with Crippen LogP contribution >= 0.6 is 11.8 Å². The van der Waals surface area contributed by atoms with Gasteiger partial charge in [-0.25, -0.2) is 4.79 Å². The highest BCUT2D eigenvalue weighted by Crippen LogP contribution is 2.21. The fourth-order valence-corrected chi connectivity index (χ4v) is 2.06. The second-order valence-corrected chi connectivity index (χ2v) is 5.83. The number of aromatic nitrogens is 2. The van der Waals surface area contributed by atoms with Gasteiger partial charge in [0.05, 0.1) is 11.3 Å². The molecule has 19 heavy (non-hydrogen) atoms. The van der Waals surface area contributed by atoms with E-state index in [1.807, 2.05) is 0 Å². The first-order valence-electron chi connectivity index (χ1n) is 5.84. The maximum atomic E-state index is 10.9. The van der Waals surface area contributed by atoms with Crippen molar-refractivity contribution < 1.29 is 14.4 Å². The van der Waals surface area contributed by atoms with Crippen molar-refractivity contribution in [2.45, 2.75) is 24.9 Å². The van der Waals surface area contributed by atoms with E-state index in [0.717, 1.165) is 0 Å².